The van der Waals surface area contributed by atoms with E-state index >= 15 is 0 Å². The highest BCUT2D eigenvalue weighted by molar-refractivity contribution is 6.32. The monoisotopic (exact) mass is 426 g/mol. The fourth-order valence-corrected chi connectivity index (χ4v) is 2.89. The molecule has 2 aromatic rings. The first-order chi connectivity index (χ1) is 14.5. The van der Waals surface area contributed by atoms with Crippen molar-refractivity contribution in [3.05, 3.63) is 51.9 Å². The van der Waals surface area contributed by atoms with E-state index in [2.05, 4.69) is 20.6 Å². The van der Waals surface area contributed by atoms with Crippen LogP contribution in [0.2, 0.25) is 5.02 Å². The summed E-state index contributed by atoms with van der Waals surface area (Å²) in [7, 11) is 0. The van der Waals surface area contributed by atoms with Gasteiger partial charge in [0.05, 0.1) is 23.8 Å². The number of carbonyl (C=O) groups excluding carboxylic acids is 3. The molecule has 11 heteroatoms. The topological polar surface area (TPSA) is 137 Å². The number of aldehydes is 1. The fraction of sp³-hybridized carbons (Fsp3) is 0.211. The minimum atomic E-state index is -0.653. The summed E-state index contributed by atoms with van der Waals surface area (Å²) in [6, 6.07) is 5.73. The second-order valence-corrected chi connectivity index (χ2v) is 6.53. The molecule has 1 saturated heterocycles. The number of nitriles is 1. The highest BCUT2D eigenvalue weighted by atomic mass is 35.5. The van der Waals surface area contributed by atoms with Crippen molar-refractivity contribution in [1.29, 1.82) is 5.26 Å². The van der Waals surface area contributed by atoms with Gasteiger partial charge in [-0.25, -0.2) is 19.6 Å². The second-order valence-electron chi connectivity index (χ2n) is 6.12. The molecule has 2 aromatic heterocycles. The molecule has 10 nitrogen and oxygen atoms in total. The maximum absolute atomic E-state index is 12.2. The van der Waals surface area contributed by atoms with Crippen molar-refractivity contribution in [2.75, 3.05) is 30.4 Å². The molecule has 0 aliphatic carbocycles. The summed E-state index contributed by atoms with van der Waals surface area (Å²) in [6.07, 6.45) is 1.81. The van der Waals surface area contributed by atoms with E-state index in [1.807, 2.05) is 12.0 Å². The summed E-state index contributed by atoms with van der Waals surface area (Å²) in [5.41, 5.74) is 1.27. The van der Waals surface area contributed by atoms with E-state index in [0.717, 1.165) is 0 Å². The van der Waals surface area contributed by atoms with Gasteiger partial charge in [-0.15, -0.1) is 0 Å². The van der Waals surface area contributed by atoms with Crippen LogP contribution in [0.5, 0.6) is 0 Å². The van der Waals surface area contributed by atoms with Gasteiger partial charge >= 0.3 is 6.03 Å². The summed E-state index contributed by atoms with van der Waals surface area (Å²) < 4.78 is 5.22. The molecule has 0 radical (unpaired) electrons. The Balaban J connectivity index is 1.69. The van der Waals surface area contributed by atoms with Crippen LogP contribution in [-0.2, 0) is 16.1 Å². The van der Waals surface area contributed by atoms with Crippen molar-refractivity contribution in [2.24, 2.45) is 0 Å². The molecule has 1 fully saturated rings. The van der Waals surface area contributed by atoms with Crippen LogP contribution in [0.25, 0.3) is 0 Å². The molecular formula is C19H15ClN6O4. The lowest BCUT2D eigenvalue weighted by Gasteiger charge is -2.29. The van der Waals surface area contributed by atoms with Gasteiger partial charge < -0.3 is 9.64 Å². The van der Waals surface area contributed by atoms with Crippen molar-refractivity contribution in [3.8, 4) is 6.07 Å². The van der Waals surface area contributed by atoms with E-state index in [0.29, 0.717) is 30.7 Å². The molecule has 2 amide bonds. The van der Waals surface area contributed by atoms with Crippen LogP contribution in [-0.4, -0.2) is 52.9 Å². The third kappa shape index (κ3) is 4.98. The van der Waals surface area contributed by atoms with Crippen LogP contribution in [0.15, 0.2) is 30.1 Å². The van der Waals surface area contributed by atoms with Gasteiger partial charge in [0.1, 0.15) is 35.0 Å². The lowest BCUT2D eigenvalue weighted by molar-refractivity contribution is 0.0718. The van der Waals surface area contributed by atoms with Crippen LogP contribution in [0.4, 0.5) is 16.4 Å². The molecule has 0 bridgehead atoms. The number of morpholine rings is 1. The number of amides is 2. The summed E-state index contributed by atoms with van der Waals surface area (Å²) in [5.74, 6) is 2.13. The number of nitrogens with one attached hydrogen (secondary N) is 2. The Morgan fingerprint density at radius 2 is 2.17 bits per heavy atom. The zero-order chi connectivity index (χ0) is 21.5. The van der Waals surface area contributed by atoms with Gasteiger partial charge in [0.25, 0.3) is 0 Å². The van der Waals surface area contributed by atoms with E-state index < -0.39 is 6.03 Å². The van der Waals surface area contributed by atoms with Gasteiger partial charge in [-0.3, -0.25) is 15.4 Å². The van der Waals surface area contributed by atoms with Crippen LogP contribution in [0.3, 0.4) is 0 Å². The molecular weight excluding hydrogens is 412 g/mol. The molecule has 0 saturated carbocycles. The average Bonchev–Trinajstić information content (AvgIpc) is 2.75. The van der Waals surface area contributed by atoms with Crippen LogP contribution < -0.4 is 10.6 Å². The van der Waals surface area contributed by atoms with E-state index in [9.17, 15) is 14.4 Å². The minimum Gasteiger partial charge on any atom is -0.373 e. The van der Waals surface area contributed by atoms with Crippen LogP contribution in [0, 0.1) is 11.3 Å². The first-order valence-corrected chi connectivity index (χ1v) is 9.07. The maximum atomic E-state index is 12.2. The van der Waals surface area contributed by atoms with Gasteiger partial charge in [-0.05, 0) is 6.07 Å². The number of ether oxygens (including phenoxy) is 1. The molecule has 3 rings (SSSR count). The minimum absolute atomic E-state index is 0.129. The molecule has 30 heavy (non-hydrogen) atoms. The fourth-order valence-electron chi connectivity index (χ4n) is 2.70. The third-order valence-corrected chi connectivity index (χ3v) is 4.50. The predicted molar refractivity (Wildman–Crippen MR) is 107 cm³/mol. The van der Waals surface area contributed by atoms with E-state index in [4.69, 9.17) is 21.6 Å². The number of hydrogen-bond acceptors (Lipinski definition) is 8. The van der Waals surface area contributed by atoms with Gasteiger partial charge in [0.2, 0.25) is 0 Å². The molecule has 0 atom stereocenters. The predicted octanol–water partition coefficient (Wildman–Crippen LogP) is 2.01. The highest BCUT2D eigenvalue weighted by Crippen LogP contribution is 2.19. The Morgan fingerprint density at radius 1 is 1.37 bits per heavy atom. The number of anilines is 2. The summed E-state index contributed by atoms with van der Waals surface area (Å²) in [4.78, 5) is 44.5. The summed E-state index contributed by atoms with van der Waals surface area (Å²) in [6.45, 7) is 1.41. The smallest absolute Gasteiger partial charge is 0.326 e. The molecule has 2 N–H and O–H groups in total. The molecule has 1 aliphatic heterocycles. The number of rotatable bonds is 5. The van der Waals surface area contributed by atoms with E-state index in [1.54, 1.807) is 11.0 Å². The van der Waals surface area contributed by atoms with E-state index in [-0.39, 0.29) is 41.1 Å². The lowest BCUT2D eigenvalue weighted by Crippen LogP contribution is -2.34. The van der Waals surface area contributed by atoms with Crippen molar-refractivity contribution in [3.63, 3.8) is 0 Å². The summed E-state index contributed by atoms with van der Waals surface area (Å²) >= 11 is 5.91. The maximum Gasteiger partial charge on any atom is 0.326 e. The molecule has 1 aliphatic rings. The van der Waals surface area contributed by atoms with Crippen LogP contribution >= 0.6 is 11.6 Å². The van der Waals surface area contributed by atoms with Gasteiger partial charge in [-0.2, -0.15) is 5.26 Å². The third-order valence-electron chi connectivity index (χ3n) is 4.19. The van der Waals surface area contributed by atoms with E-state index in [1.165, 1.54) is 18.3 Å². The zero-order valence-electron chi connectivity index (χ0n) is 15.5. The number of halogens is 1. The average molecular weight is 427 g/mol. The molecule has 0 spiro atoms. The number of aromatic nitrogens is 2. The largest absolute Gasteiger partial charge is 0.373 e. The molecule has 3 heterocycles. The van der Waals surface area contributed by atoms with Crippen molar-refractivity contribution < 1.29 is 19.1 Å². The van der Waals surface area contributed by atoms with Gasteiger partial charge in [0, 0.05) is 30.9 Å². The number of urea groups is 1. The summed E-state index contributed by atoms with van der Waals surface area (Å²) in [5, 5.41) is 14.0. The Kier molecular flexibility index (Phi) is 6.72. The molecule has 0 aromatic carbocycles. The standard InChI is InChI=1S/C19H15ClN6O4/c20-15-5-18(22-7-13(15)6-21)25-19(29)24-17-2-1-12(16(10-28)23-17)8-26-3-4-30-11-14(26)9-27/h1-2,5,7,10H,3-4,8,11H2,(H2,22,23,24,25,29). The van der Waals surface area contributed by atoms with Gasteiger partial charge in [0.15, 0.2) is 6.29 Å². The Labute approximate surface area is 176 Å². The first kappa shape index (κ1) is 21.0. The SMILES string of the molecule is N#Cc1cnc(NC(=O)Nc2ccc(CN3CCOCC3=C=O)c(C=O)n2)cc1Cl. The van der Waals surface area contributed by atoms with Gasteiger partial charge in [-0.1, -0.05) is 17.7 Å². The number of nitrogens with zero attached hydrogens (tertiary/aromatic N) is 4. The quantitative estimate of drug-likeness (QED) is 0.547. The Hall–Kier alpha value is -3.77. The normalized spacial score (nSPS) is 13.2. The number of hydrogen-bond donors (Lipinski definition) is 2. The van der Waals surface area contributed by atoms with Crippen molar-refractivity contribution in [1.82, 2.24) is 14.9 Å². The molecule has 0 unspecified atom stereocenters. The highest BCUT2D eigenvalue weighted by Gasteiger charge is 2.19. The molecule has 152 valence electrons. The lowest BCUT2D eigenvalue weighted by atomic mass is 10.1. The van der Waals surface area contributed by atoms with Crippen molar-refractivity contribution >= 4 is 41.5 Å². The number of pyridine rings is 2. The Morgan fingerprint density at radius 3 is 2.87 bits per heavy atom. The first-order valence-electron chi connectivity index (χ1n) is 8.69. The zero-order valence-corrected chi connectivity index (χ0v) is 16.3. The van der Waals surface area contributed by atoms with Crippen molar-refractivity contribution in [2.45, 2.75) is 6.54 Å². The van der Waals surface area contributed by atoms with Crippen LogP contribution in [0.1, 0.15) is 21.6 Å². The number of carbonyl (C=O) groups is 2. The Bertz CT molecular complexity index is 1080. The second kappa shape index (κ2) is 9.62.